The van der Waals surface area contributed by atoms with Gasteiger partial charge in [-0.25, -0.2) is 14.4 Å². The van der Waals surface area contributed by atoms with Crippen LogP contribution in [0.25, 0.3) is 5.70 Å². The van der Waals surface area contributed by atoms with Gasteiger partial charge in [-0.2, -0.15) is 0 Å². The number of aliphatic imine (C=N–C) groups is 3. The third-order valence-corrected chi connectivity index (χ3v) is 5.37. The summed E-state index contributed by atoms with van der Waals surface area (Å²) >= 11 is 0. The molecule has 9 heteroatoms. The van der Waals surface area contributed by atoms with Crippen LogP contribution in [-0.2, 0) is 13.1 Å². The van der Waals surface area contributed by atoms with Gasteiger partial charge in [0.25, 0.3) is 0 Å². The van der Waals surface area contributed by atoms with E-state index in [1.807, 2.05) is 36.4 Å². The van der Waals surface area contributed by atoms with Crippen molar-refractivity contribution in [1.29, 1.82) is 0 Å². The van der Waals surface area contributed by atoms with E-state index in [0.717, 1.165) is 5.56 Å². The van der Waals surface area contributed by atoms with Gasteiger partial charge >= 0.3 is 0 Å². The van der Waals surface area contributed by atoms with E-state index < -0.39 is 0 Å². The van der Waals surface area contributed by atoms with Crippen molar-refractivity contribution < 1.29 is 8.91 Å². The molecule has 1 aromatic heterocycles. The van der Waals surface area contributed by atoms with E-state index in [-0.39, 0.29) is 12.4 Å². The van der Waals surface area contributed by atoms with Crippen molar-refractivity contribution >= 4 is 23.5 Å². The zero-order valence-electron chi connectivity index (χ0n) is 18.2. The Morgan fingerprint density at radius 3 is 2.71 bits per heavy atom. The van der Waals surface area contributed by atoms with E-state index in [1.165, 1.54) is 12.3 Å². The second-order valence-corrected chi connectivity index (χ2v) is 7.70. The normalized spacial score (nSPS) is 19.1. The third kappa shape index (κ3) is 4.63. The smallest absolute Gasteiger partial charge is 0.179 e. The fraction of sp³-hybridized carbons (Fsp3) is 0.120. The van der Waals surface area contributed by atoms with Crippen molar-refractivity contribution in [3.05, 3.63) is 107 Å². The molecule has 34 heavy (non-hydrogen) atoms. The van der Waals surface area contributed by atoms with Crippen molar-refractivity contribution in [3.8, 4) is 0 Å². The highest BCUT2D eigenvalue weighted by Gasteiger charge is 2.25. The number of hydrazine groups is 1. The number of rotatable bonds is 5. The summed E-state index contributed by atoms with van der Waals surface area (Å²) in [7, 11) is 0. The van der Waals surface area contributed by atoms with Gasteiger partial charge < -0.3 is 10.3 Å². The fourth-order valence-electron chi connectivity index (χ4n) is 3.62. The van der Waals surface area contributed by atoms with Crippen LogP contribution in [0.3, 0.4) is 0 Å². The number of hydrogen-bond acceptors (Lipinski definition) is 8. The molecule has 0 saturated carbocycles. The maximum atomic E-state index is 14.3. The second kappa shape index (κ2) is 9.53. The molecule has 0 radical (unpaired) electrons. The largest absolute Gasteiger partial charge is 0.382 e. The minimum atomic E-state index is -0.293. The van der Waals surface area contributed by atoms with E-state index in [0.29, 0.717) is 53.0 Å². The monoisotopic (exact) mass is 455 g/mol. The first-order valence-corrected chi connectivity index (χ1v) is 10.8. The van der Waals surface area contributed by atoms with Crippen LogP contribution >= 0.6 is 0 Å². The summed E-state index contributed by atoms with van der Waals surface area (Å²) in [5.41, 5.74) is 13.7. The van der Waals surface area contributed by atoms with Gasteiger partial charge in [0, 0.05) is 24.3 Å². The predicted molar refractivity (Wildman–Crippen MR) is 129 cm³/mol. The van der Waals surface area contributed by atoms with Crippen molar-refractivity contribution in [2.45, 2.75) is 19.5 Å². The summed E-state index contributed by atoms with van der Waals surface area (Å²) < 4.78 is 19.3. The van der Waals surface area contributed by atoms with Crippen molar-refractivity contribution in [1.82, 2.24) is 15.6 Å². The van der Waals surface area contributed by atoms with Crippen LogP contribution in [0.5, 0.6) is 0 Å². The highest BCUT2D eigenvalue weighted by molar-refractivity contribution is 6.43. The SMILES string of the molecule is NC1=NC(=C2C=C(c3ccon3)N(Cc3ccccc3F)N2)N=CCC1=NCc1ccccc1. The molecule has 0 fully saturated rings. The average Bonchev–Trinajstić information content (AvgIpc) is 3.49. The quantitative estimate of drug-likeness (QED) is 0.609. The van der Waals surface area contributed by atoms with Gasteiger partial charge in [0.1, 0.15) is 29.3 Å². The molecule has 3 N–H and O–H groups in total. The van der Waals surface area contributed by atoms with Crippen LogP contribution in [0.4, 0.5) is 4.39 Å². The average molecular weight is 455 g/mol. The van der Waals surface area contributed by atoms with E-state index >= 15 is 0 Å². The van der Waals surface area contributed by atoms with Gasteiger partial charge in [-0.15, -0.1) is 0 Å². The van der Waals surface area contributed by atoms with E-state index in [9.17, 15) is 4.39 Å². The lowest BCUT2D eigenvalue weighted by Gasteiger charge is -2.22. The van der Waals surface area contributed by atoms with Crippen LogP contribution in [0.1, 0.15) is 23.2 Å². The molecule has 2 aliphatic rings. The summed E-state index contributed by atoms with van der Waals surface area (Å²) in [6, 6.07) is 18.3. The lowest BCUT2D eigenvalue weighted by atomic mass is 10.2. The first kappa shape index (κ1) is 21.3. The Balaban J connectivity index is 1.44. The number of halogens is 1. The number of allylic oxidation sites excluding steroid dienone is 1. The summed E-state index contributed by atoms with van der Waals surface area (Å²) in [6.07, 6.45) is 5.53. The lowest BCUT2D eigenvalue weighted by molar-refractivity contribution is 0.324. The predicted octanol–water partition coefficient (Wildman–Crippen LogP) is 3.82. The molecule has 3 aromatic rings. The van der Waals surface area contributed by atoms with E-state index in [1.54, 1.807) is 35.5 Å². The van der Waals surface area contributed by atoms with Gasteiger partial charge in [0.15, 0.2) is 5.82 Å². The van der Waals surface area contributed by atoms with Crippen LogP contribution < -0.4 is 11.2 Å². The molecule has 170 valence electrons. The number of amidine groups is 1. The molecule has 0 spiro atoms. The van der Waals surface area contributed by atoms with Crippen molar-refractivity contribution in [3.63, 3.8) is 0 Å². The van der Waals surface area contributed by atoms with Gasteiger partial charge in [-0.1, -0.05) is 53.7 Å². The van der Waals surface area contributed by atoms with E-state index in [2.05, 4.69) is 25.6 Å². The fourth-order valence-corrected chi connectivity index (χ4v) is 3.62. The summed E-state index contributed by atoms with van der Waals surface area (Å²) in [5.74, 6) is 0.417. The Labute approximate surface area is 195 Å². The standard InChI is InChI=1S/C25H22FN7O/c26-19-9-5-4-8-18(19)16-33-23(20-11-13-34-32-20)14-22(31-33)25-28-12-10-21(24(27)30-25)29-15-17-6-2-1-3-7-17/h1-9,11-14,31H,10,15-16H2,(H2,27,30). The molecule has 3 heterocycles. The summed E-state index contributed by atoms with van der Waals surface area (Å²) in [6.45, 7) is 0.770. The van der Waals surface area contributed by atoms with Gasteiger partial charge in [-0.05, 0) is 17.7 Å². The highest BCUT2D eigenvalue weighted by atomic mass is 19.1. The summed E-state index contributed by atoms with van der Waals surface area (Å²) in [5, 5.41) is 5.80. The topological polar surface area (TPSA) is 104 Å². The zero-order chi connectivity index (χ0) is 23.3. The lowest BCUT2D eigenvalue weighted by Crippen LogP contribution is -2.31. The molecule has 0 aliphatic carbocycles. The van der Waals surface area contributed by atoms with Gasteiger partial charge in [0.2, 0.25) is 0 Å². The Morgan fingerprint density at radius 1 is 1.09 bits per heavy atom. The Bertz CT molecular complexity index is 1320. The molecule has 8 nitrogen and oxygen atoms in total. The Kier molecular flexibility index (Phi) is 5.98. The first-order chi connectivity index (χ1) is 16.7. The molecule has 0 atom stereocenters. The third-order valence-electron chi connectivity index (χ3n) is 5.37. The second-order valence-electron chi connectivity index (χ2n) is 7.70. The maximum Gasteiger partial charge on any atom is 0.179 e. The molecular formula is C25H22FN7O. The van der Waals surface area contributed by atoms with Crippen LogP contribution in [0.2, 0.25) is 0 Å². The van der Waals surface area contributed by atoms with Crippen LogP contribution in [0.15, 0.2) is 104 Å². The molecule has 5 rings (SSSR count). The number of nitrogens with two attached hydrogens (primary N) is 1. The van der Waals surface area contributed by atoms with Gasteiger partial charge in [0.05, 0.1) is 24.5 Å². The molecule has 0 saturated heterocycles. The molecular weight excluding hydrogens is 433 g/mol. The first-order valence-electron chi connectivity index (χ1n) is 10.8. The minimum Gasteiger partial charge on any atom is -0.382 e. The van der Waals surface area contributed by atoms with E-state index in [4.69, 9.17) is 10.3 Å². The van der Waals surface area contributed by atoms with Crippen LogP contribution in [-0.4, -0.2) is 27.9 Å². The molecule has 2 aliphatic heterocycles. The van der Waals surface area contributed by atoms with Crippen LogP contribution in [0, 0.1) is 5.82 Å². The molecule has 0 bridgehead atoms. The van der Waals surface area contributed by atoms with Gasteiger partial charge in [-0.3, -0.25) is 15.4 Å². The van der Waals surface area contributed by atoms with Crippen molar-refractivity contribution in [2.24, 2.45) is 20.7 Å². The molecule has 2 aromatic carbocycles. The Hall–Kier alpha value is -4.53. The number of benzene rings is 2. The molecule has 0 unspecified atom stereocenters. The summed E-state index contributed by atoms with van der Waals surface area (Å²) in [4.78, 5) is 13.6. The molecule has 0 amide bonds. The number of nitrogens with zero attached hydrogens (tertiary/aromatic N) is 5. The highest BCUT2D eigenvalue weighted by Crippen LogP contribution is 2.28. The number of nitrogens with one attached hydrogen (secondary N) is 1. The Morgan fingerprint density at radius 2 is 1.91 bits per heavy atom. The number of hydrogen-bond donors (Lipinski definition) is 2. The maximum absolute atomic E-state index is 14.3. The zero-order valence-corrected chi connectivity index (χ0v) is 18.2. The van der Waals surface area contributed by atoms with Crippen molar-refractivity contribution in [2.75, 3.05) is 0 Å². The minimum absolute atomic E-state index is 0.259. The number of aromatic nitrogens is 1.